The zero-order valence-corrected chi connectivity index (χ0v) is 15.5. The van der Waals surface area contributed by atoms with E-state index in [1.165, 1.54) is 5.56 Å². The molecule has 0 spiro atoms. The van der Waals surface area contributed by atoms with Gasteiger partial charge in [0, 0.05) is 44.8 Å². The lowest BCUT2D eigenvalue weighted by atomic mass is 9.89. The van der Waals surface area contributed by atoms with Crippen LogP contribution in [0.2, 0.25) is 0 Å². The van der Waals surface area contributed by atoms with Crippen LogP contribution in [-0.2, 0) is 11.3 Å². The van der Waals surface area contributed by atoms with Gasteiger partial charge in [-0.2, -0.15) is 0 Å². The summed E-state index contributed by atoms with van der Waals surface area (Å²) in [6.07, 6.45) is 4.36. The maximum Gasteiger partial charge on any atom is 0.253 e. The van der Waals surface area contributed by atoms with Crippen molar-refractivity contribution in [2.45, 2.75) is 44.8 Å². The average molecular weight is 348 g/mol. The second-order valence-corrected chi connectivity index (χ2v) is 6.94. The van der Waals surface area contributed by atoms with Crippen LogP contribution in [0.3, 0.4) is 0 Å². The van der Waals surface area contributed by atoms with E-state index in [2.05, 4.69) is 5.32 Å². The van der Waals surface area contributed by atoms with E-state index in [-0.39, 0.29) is 17.9 Å². The van der Waals surface area contributed by atoms with Gasteiger partial charge in [-0.15, -0.1) is 0 Å². The fourth-order valence-electron chi connectivity index (χ4n) is 3.50. The van der Waals surface area contributed by atoms with Crippen molar-refractivity contribution < 1.29 is 14.6 Å². The molecule has 0 bridgehead atoms. The van der Waals surface area contributed by atoms with Gasteiger partial charge in [0.1, 0.15) is 0 Å². The fourth-order valence-corrected chi connectivity index (χ4v) is 3.50. The Hall–Kier alpha value is -1.43. The highest BCUT2D eigenvalue weighted by atomic mass is 16.5. The first-order valence-corrected chi connectivity index (χ1v) is 9.35. The molecule has 0 aliphatic carbocycles. The average Bonchev–Trinajstić information content (AvgIpc) is 2.65. The van der Waals surface area contributed by atoms with Gasteiger partial charge in [0.2, 0.25) is 0 Å². The quantitative estimate of drug-likeness (QED) is 0.673. The molecule has 2 rings (SSSR count). The molecule has 5 nitrogen and oxygen atoms in total. The molecule has 1 heterocycles. The minimum atomic E-state index is -0.328. The minimum Gasteiger partial charge on any atom is -0.393 e. The number of rotatable bonds is 9. The third-order valence-electron chi connectivity index (χ3n) is 4.97. The molecule has 0 radical (unpaired) electrons. The molecule has 1 unspecified atom stereocenters. The van der Waals surface area contributed by atoms with Gasteiger partial charge in [-0.25, -0.2) is 0 Å². The van der Waals surface area contributed by atoms with Crippen LogP contribution in [0.1, 0.15) is 48.0 Å². The van der Waals surface area contributed by atoms with Crippen molar-refractivity contribution in [3.63, 3.8) is 0 Å². The molecule has 1 aromatic rings. The molecule has 1 aliphatic rings. The van der Waals surface area contributed by atoms with Crippen LogP contribution in [0.15, 0.2) is 24.3 Å². The molecule has 1 fully saturated rings. The van der Waals surface area contributed by atoms with Crippen molar-refractivity contribution in [2.24, 2.45) is 5.92 Å². The van der Waals surface area contributed by atoms with Gasteiger partial charge in [0.15, 0.2) is 0 Å². The summed E-state index contributed by atoms with van der Waals surface area (Å²) < 4.78 is 5.05. The second-order valence-electron chi connectivity index (χ2n) is 6.94. The summed E-state index contributed by atoms with van der Waals surface area (Å²) in [5, 5.41) is 13.6. The van der Waals surface area contributed by atoms with Crippen LogP contribution < -0.4 is 5.32 Å². The highest BCUT2D eigenvalue weighted by Crippen LogP contribution is 2.24. The zero-order chi connectivity index (χ0) is 18.1. The molecular formula is C20H32N2O3. The SMILES string of the molecule is CNCc1ccc(C(=O)N2CCC[C@@H](C(O)CCCCOC)C2)cc1. The number of methoxy groups -OCH3 is 1. The number of aliphatic hydroxyl groups excluding tert-OH is 1. The number of hydrogen-bond acceptors (Lipinski definition) is 4. The number of hydrogen-bond donors (Lipinski definition) is 2. The molecular weight excluding hydrogens is 316 g/mol. The Kier molecular flexibility index (Phi) is 8.38. The highest BCUT2D eigenvalue weighted by molar-refractivity contribution is 5.94. The van der Waals surface area contributed by atoms with Gasteiger partial charge in [-0.3, -0.25) is 4.79 Å². The van der Waals surface area contributed by atoms with Gasteiger partial charge in [0.25, 0.3) is 5.91 Å². The third-order valence-corrected chi connectivity index (χ3v) is 4.97. The van der Waals surface area contributed by atoms with Crippen molar-refractivity contribution in [3.05, 3.63) is 35.4 Å². The molecule has 1 saturated heterocycles. The van der Waals surface area contributed by atoms with Crippen molar-refractivity contribution in [1.82, 2.24) is 10.2 Å². The summed E-state index contributed by atoms with van der Waals surface area (Å²) >= 11 is 0. The zero-order valence-electron chi connectivity index (χ0n) is 15.5. The van der Waals surface area contributed by atoms with E-state index < -0.39 is 0 Å². The molecule has 0 saturated carbocycles. The lowest BCUT2D eigenvalue weighted by Gasteiger charge is -2.35. The van der Waals surface area contributed by atoms with Gasteiger partial charge < -0.3 is 20.1 Å². The van der Waals surface area contributed by atoms with E-state index in [1.807, 2.05) is 36.2 Å². The summed E-state index contributed by atoms with van der Waals surface area (Å²) in [5.74, 6) is 0.260. The Morgan fingerprint density at radius 1 is 1.36 bits per heavy atom. The number of carbonyl (C=O) groups excluding carboxylic acids is 1. The molecule has 0 aromatic heterocycles. The Balaban J connectivity index is 1.87. The Morgan fingerprint density at radius 2 is 2.12 bits per heavy atom. The predicted octanol–water partition coefficient (Wildman–Crippen LogP) is 2.44. The number of aliphatic hydroxyl groups is 1. The van der Waals surface area contributed by atoms with Crippen LogP contribution in [0.4, 0.5) is 0 Å². The van der Waals surface area contributed by atoms with E-state index in [1.54, 1.807) is 7.11 Å². The molecule has 1 aliphatic heterocycles. The van der Waals surface area contributed by atoms with Gasteiger partial charge in [-0.05, 0) is 56.8 Å². The smallest absolute Gasteiger partial charge is 0.253 e. The van der Waals surface area contributed by atoms with E-state index >= 15 is 0 Å². The number of unbranched alkanes of at least 4 members (excludes halogenated alkanes) is 1. The predicted molar refractivity (Wildman–Crippen MR) is 99.6 cm³/mol. The molecule has 1 aromatic carbocycles. The lowest BCUT2D eigenvalue weighted by Crippen LogP contribution is -2.43. The van der Waals surface area contributed by atoms with E-state index in [9.17, 15) is 9.90 Å². The van der Waals surface area contributed by atoms with E-state index in [0.717, 1.165) is 57.4 Å². The topological polar surface area (TPSA) is 61.8 Å². The summed E-state index contributed by atoms with van der Waals surface area (Å²) in [4.78, 5) is 14.7. The van der Waals surface area contributed by atoms with Crippen LogP contribution in [-0.4, -0.2) is 55.9 Å². The lowest BCUT2D eigenvalue weighted by molar-refractivity contribution is 0.0359. The summed E-state index contributed by atoms with van der Waals surface area (Å²) in [6.45, 7) is 2.98. The molecule has 2 N–H and O–H groups in total. The van der Waals surface area contributed by atoms with Crippen LogP contribution >= 0.6 is 0 Å². The Morgan fingerprint density at radius 3 is 2.80 bits per heavy atom. The van der Waals surface area contributed by atoms with E-state index in [0.29, 0.717) is 6.54 Å². The highest BCUT2D eigenvalue weighted by Gasteiger charge is 2.28. The number of nitrogens with one attached hydrogen (secondary N) is 1. The Bertz CT molecular complexity index is 518. The van der Waals surface area contributed by atoms with Crippen molar-refractivity contribution >= 4 is 5.91 Å². The minimum absolute atomic E-state index is 0.0762. The number of piperidine rings is 1. The number of nitrogens with zero attached hydrogens (tertiary/aromatic N) is 1. The molecule has 25 heavy (non-hydrogen) atoms. The van der Waals surface area contributed by atoms with Gasteiger partial charge >= 0.3 is 0 Å². The second kappa shape index (κ2) is 10.5. The molecule has 2 atom stereocenters. The molecule has 140 valence electrons. The first kappa shape index (κ1) is 19.9. The molecule has 1 amide bonds. The van der Waals surface area contributed by atoms with Gasteiger partial charge in [0.05, 0.1) is 6.10 Å². The van der Waals surface area contributed by atoms with Crippen molar-refractivity contribution in [3.8, 4) is 0 Å². The molecule has 5 heteroatoms. The normalized spacial score (nSPS) is 19.0. The number of carbonyl (C=O) groups is 1. The van der Waals surface area contributed by atoms with E-state index in [4.69, 9.17) is 4.74 Å². The number of benzene rings is 1. The maximum atomic E-state index is 12.7. The maximum absolute atomic E-state index is 12.7. The summed E-state index contributed by atoms with van der Waals surface area (Å²) in [7, 11) is 3.61. The fraction of sp³-hybridized carbons (Fsp3) is 0.650. The summed E-state index contributed by atoms with van der Waals surface area (Å²) in [5.41, 5.74) is 1.90. The van der Waals surface area contributed by atoms with Crippen LogP contribution in [0.5, 0.6) is 0 Å². The third kappa shape index (κ3) is 6.10. The standard InChI is InChI=1S/C20H32N2O3/c1-21-14-16-8-10-17(11-9-16)20(24)22-12-5-6-18(15-22)19(23)7-3-4-13-25-2/h8-11,18-19,21,23H,3-7,12-15H2,1-2H3/t18-,19?/m1/s1. The first-order chi connectivity index (χ1) is 12.2. The summed E-state index contributed by atoms with van der Waals surface area (Å²) in [6, 6.07) is 7.80. The van der Waals surface area contributed by atoms with Crippen LogP contribution in [0.25, 0.3) is 0 Å². The Labute approximate surface area is 151 Å². The van der Waals surface area contributed by atoms with Crippen molar-refractivity contribution in [1.29, 1.82) is 0 Å². The van der Waals surface area contributed by atoms with Crippen LogP contribution in [0, 0.1) is 5.92 Å². The first-order valence-electron chi connectivity index (χ1n) is 9.35. The largest absolute Gasteiger partial charge is 0.393 e. The number of amides is 1. The number of ether oxygens (including phenoxy) is 1. The van der Waals surface area contributed by atoms with Gasteiger partial charge in [-0.1, -0.05) is 12.1 Å². The number of likely N-dealkylation sites (tertiary alicyclic amines) is 1. The van der Waals surface area contributed by atoms with Crippen molar-refractivity contribution in [2.75, 3.05) is 33.9 Å². The monoisotopic (exact) mass is 348 g/mol.